The van der Waals surface area contributed by atoms with E-state index in [1.54, 1.807) is 17.0 Å². The summed E-state index contributed by atoms with van der Waals surface area (Å²) in [5, 5.41) is 0. The van der Waals surface area contributed by atoms with Crippen molar-refractivity contribution >= 4 is 5.91 Å². The van der Waals surface area contributed by atoms with Gasteiger partial charge in [0.2, 0.25) is 5.91 Å². The molecular formula is C23H20F4N2O2. The van der Waals surface area contributed by atoms with Gasteiger partial charge in [0.15, 0.2) is 11.7 Å². The molecule has 2 aromatic carbocycles. The Morgan fingerprint density at radius 1 is 1.06 bits per heavy atom. The van der Waals surface area contributed by atoms with E-state index in [1.807, 2.05) is 0 Å². The first-order valence-corrected chi connectivity index (χ1v) is 9.96. The van der Waals surface area contributed by atoms with Crippen molar-refractivity contribution in [1.29, 1.82) is 0 Å². The predicted molar refractivity (Wildman–Crippen MR) is 105 cm³/mol. The number of aromatic nitrogens is 1. The normalized spacial score (nSPS) is 13.9. The number of alkyl halides is 3. The van der Waals surface area contributed by atoms with Crippen LogP contribution >= 0.6 is 0 Å². The summed E-state index contributed by atoms with van der Waals surface area (Å²) < 4.78 is 56.9. The van der Waals surface area contributed by atoms with E-state index >= 15 is 0 Å². The summed E-state index contributed by atoms with van der Waals surface area (Å²) in [5.74, 6) is 0.454. The molecule has 4 rings (SSSR count). The number of halogens is 4. The molecule has 1 aliphatic carbocycles. The molecule has 0 spiro atoms. The number of aryl methyl sites for hydroxylation is 1. The molecule has 4 nitrogen and oxygen atoms in total. The van der Waals surface area contributed by atoms with E-state index < -0.39 is 11.7 Å². The van der Waals surface area contributed by atoms with Gasteiger partial charge >= 0.3 is 6.18 Å². The van der Waals surface area contributed by atoms with E-state index in [1.165, 1.54) is 30.5 Å². The summed E-state index contributed by atoms with van der Waals surface area (Å²) in [4.78, 5) is 18.7. The highest BCUT2D eigenvalue weighted by Gasteiger charge is 2.33. The van der Waals surface area contributed by atoms with Gasteiger partial charge in [-0.25, -0.2) is 9.37 Å². The van der Waals surface area contributed by atoms with Crippen molar-refractivity contribution in [2.45, 2.75) is 44.4 Å². The lowest BCUT2D eigenvalue weighted by atomic mass is 10.1. The third-order valence-electron chi connectivity index (χ3n) is 5.18. The molecule has 162 valence electrons. The topological polar surface area (TPSA) is 46.3 Å². The van der Waals surface area contributed by atoms with Crippen LogP contribution in [0.3, 0.4) is 0 Å². The van der Waals surface area contributed by atoms with Crippen LogP contribution in [0.25, 0.3) is 11.3 Å². The molecule has 3 aromatic rings. The molecule has 1 aromatic heterocycles. The number of oxazole rings is 1. The van der Waals surface area contributed by atoms with Crippen molar-refractivity contribution < 1.29 is 26.8 Å². The predicted octanol–water partition coefficient (Wildman–Crippen LogP) is 5.62. The van der Waals surface area contributed by atoms with Gasteiger partial charge in [-0.15, -0.1) is 0 Å². The first-order valence-electron chi connectivity index (χ1n) is 9.96. The lowest BCUT2D eigenvalue weighted by Crippen LogP contribution is -2.32. The monoisotopic (exact) mass is 432 g/mol. The highest BCUT2D eigenvalue weighted by Crippen LogP contribution is 2.32. The third-order valence-corrected chi connectivity index (χ3v) is 5.18. The molecule has 1 heterocycles. The molecule has 8 heteroatoms. The maximum Gasteiger partial charge on any atom is 0.416 e. The van der Waals surface area contributed by atoms with Gasteiger partial charge in [-0.05, 0) is 54.8 Å². The van der Waals surface area contributed by atoms with Gasteiger partial charge in [-0.3, -0.25) is 4.79 Å². The van der Waals surface area contributed by atoms with Crippen LogP contribution in [0.1, 0.15) is 36.3 Å². The fraction of sp³-hybridized carbons (Fsp3) is 0.304. The van der Waals surface area contributed by atoms with Crippen LogP contribution in [0.2, 0.25) is 0 Å². The Kier molecular flexibility index (Phi) is 5.80. The number of hydrogen-bond acceptors (Lipinski definition) is 3. The summed E-state index contributed by atoms with van der Waals surface area (Å²) in [6.07, 6.45) is -0.585. The molecule has 0 unspecified atom stereocenters. The number of benzene rings is 2. The molecule has 0 bridgehead atoms. The Morgan fingerprint density at radius 3 is 2.35 bits per heavy atom. The molecule has 31 heavy (non-hydrogen) atoms. The third kappa shape index (κ3) is 5.31. The Morgan fingerprint density at radius 2 is 1.74 bits per heavy atom. The lowest BCUT2D eigenvalue weighted by molar-refractivity contribution is -0.137. The van der Waals surface area contributed by atoms with Crippen molar-refractivity contribution in [2.75, 3.05) is 0 Å². The van der Waals surface area contributed by atoms with E-state index in [2.05, 4.69) is 4.98 Å². The van der Waals surface area contributed by atoms with E-state index in [4.69, 9.17) is 4.42 Å². The average molecular weight is 432 g/mol. The number of hydrogen-bond donors (Lipinski definition) is 0. The summed E-state index contributed by atoms with van der Waals surface area (Å²) >= 11 is 0. The van der Waals surface area contributed by atoms with Gasteiger partial charge in [0, 0.05) is 31.0 Å². The fourth-order valence-electron chi connectivity index (χ4n) is 3.33. The zero-order valence-electron chi connectivity index (χ0n) is 16.5. The first kappa shape index (κ1) is 21.1. The minimum absolute atomic E-state index is 0.0936. The highest BCUT2D eigenvalue weighted by atomic mass is 19.4. The molecule has 0 N–H and O–H groups in total. The summed E-state index contributed by atoms with van der Waals surface area (Å²) in [7, 11) is 0. The van der Waals surface area contributed by atoms with E-state index in [0.29, 0.717) is 29.2 Å². The van der Waals surface area contributed by atoms with E-state index in [-0.39, 0.29) is 30.7 Å². The number of nitrogens with zero attached hydrogens (tertiary/aromatic N) is 2. The van der Waals surface area contributed by atoms with Crippen molar-refractivity contribution in [1.82, 2.24) is 9.88 Å². The highest BCUT2D eigenvalue weighted by molar-refractivity contribution is 5.77. The fourth-order valence-corrected chi connectivity index (χ4v) is 3.33. The number of rotatable bonds is 7. The van der Waals surface area contributed by atoms with Crippen molar-refractivity contribution in [3.63, 3.8) is 0 Å². The zero-order valence-corrected chi connectivity index (χ0v) is 16.5. The van der Waals surface area contributed by atoms with Crippen molar-refractivity contribution in [2.24, 2.45) is 0 Å². The second kappa shape index (κ2) is 8.53. The minimum atomic E-state index is -4.38. The molecule has 0 aliphatic heterocycles. The molecule has 1 amide bonds. The van der Waals surface area contributed by atoms with Gasteiger partial charge < -0.3 is 9.32 Å². The molecule has 0 atom stereocenters. The maximum absolute atomic E-state index is 13.1. The van der Waals surface area contributed by atoms with E-state index in [0.717, 1.165) is 25.0 Å². The zero-order chi connectivity index (χ0) is 22.0. The first-order chi connectivity index (χ1) is 14.8. The van der Waals surface area contributed by atoms with Gasteiger partial charge in [-0.1, -0.05) is 12.1 Å². The molecule has 1 aliphatic rings. The smallest absolute Gasteiger partial charge is 0.416 e. The summed E-state index contributed by atoms with van der Waals surface area (Å²) in [6.45, 7) is 0.272. The van der Waals surface area contributed by atoms with Crippen LogP contribution in [-0.4, -0.2) is 21.8 Å². The number of carbonyl (C=O) groups excluding carboxylic acids is 1. The molecule has 1 fully saturated rings. The summed E-state index contributed by atoms with van der Waals surface area (Å²) in [6, 6.07) is 10.8. The Balaban J connectivity index is 1.37. The standard InChI is InChI=1S/C23H20F4N2O2/c24-18-7-3-16(4-8-18)20-13-28-21(31-20)11-12-22(30)29(19-9-10-19)14-15-1-5-17(6-2-15)23(25,26)27/h1-8,13,19H,9-12,14H2. The van der Waals surface area contributed by atoms with Crippen LogP contribution in [0, 0.1) is 5.82 Å². The number of amides is 1. The quantitative estimate of drug-likeness (QED) is 0.455. The number of carbonyl (C=O) groups is 1. The maximum atomic E-state index is 13.1. The van der Waals surface area contributed by atoms with Crippen LogP contribution in [-0.2, 0) is 23.9 Å². The largest absolute Gasteiger partial charge is 0.441 e. The van der Waals surface area contributed by atoms with Gasteiger partial charge in [0.25, 0.3) is 0 Å². The second-order valence-corrected chi connectivity index (χ2v) is 7.57. The SMILES string of the molecule is O=C(CCc1ncc(-c2ccc(F)cc2)o1)N(Cc1ccc(C(F)(F)F)cc1)C1CC1. The molecule has 1 saturated carbocycles. The molecule has 0 radical (unpaired) electrons. The Hall–Kier alpha value is -3.16. The van der Waals surface area contributed by atoms with Gasteiger partial charge in [-0.2, -0.15) is 13.2 Å². The Bertz CT molecular complexity index is 1040. The van der Waals surface area contributed by atoms with Crippen molar-refractivity contribution in [3.8, 4) is 11.3 Å². The Labute approximate surface area is 176 Å². The lowest BCUT2D eigenvalue weighted by Gasteiger charge is -2.22. The molecular weight excluding hydrogens is 412 g/mol. The molecule has 0 saturated heterocycles. The van der Waals surface area contributed by atoms with Crippen LogP contribution in [0.15, 0.2) is 59.1 Å². The average Bonchev–Trinajstić information content (AvgIpc) is 3.47. The van der Waals surface area contributed by atoms with Crippen LogP contribution in [0.4, 0.5) is 17.6 Å². The van der Waals surface area contributed by atoms with Crippen LogP contribution < -0.4 is 0 Å². The van der Waals surface area contributed by atoms with Gasteiger partial charge in [0.1, 0.15) is 5.82 Å². The van der Waals surface area contributed by atoms with Crippen molar-refractivity contribution in [3.05, 3.63) is 77.6 Å². The summed E-state index contributed by atoms with van der Waals surface area (Å²) in [5.41, 5.74) is 0.637. The van der Waals surface area contributed by atoms with E-state index in [9.17, 15) is 22.4 Å². The van der Waals surface area contributed by atoms with Gasteiger partial charge in [0.05, 0.1) is 11.8 Å². The minimum Gasteiger partial charge on any atom is -0.441 e. The van der Waals surface area contributed by atoms with Crippen LogP contribution in [0.5, 0.6) is 0 Å². The second-order valence-electron chi connectivity index (χ2n) is 7.57.